The third-order valence-corrected chi connectivity index (χ3v) is 3.44. The van der Waals surface area contributed by atoms with Gasteiger partial charge in [0.15, 0.2) is 0 Å². The Labute approximate surface area is 119 Å². The first-order chi connectivity index (χ1) is 10.0. The normalized spacial score (nSPS) is 15.8. The highest BCUT2D eigenvalue weighted by Gasteiger charge is 2.28. The Morgan fingerprint density at radius 1 is 1.43 bits per heavy atom. The largest absolute Gasteiger partial charge is 0.343 e. The molecule has 0 radical (unpaired) electrons. The molecule has 2 aromatic rings. The van der Waals surface area contributed by atoms with Gasteiger partial charge in [-0.1, -0.05) is 0 Å². The first-order valence-electron chi connectivity index (χ1n) is 6.72. The number of carbonyl (C=O) groups is 1. The summed E-state index contributed by atoms with van der Waals surface area (Å²) >= 11 is 0. The maximum Gasteiger partial charge on any atom is 0.291 e. The van der Waals surface area contributed by atoms with E-state index in [1.807, 2.05) is 0 Å². The quantitative estimate of drug-likeness (QED) is 0.909. The lowest BCUT2D eigenvalue weighted by Gasteiger charge is -2.13. The van der Waals surface area contributed by atoms with Crippen LogP contribution in [0.15, 0.2) is 18.2 Å². The van der Waals surface area contributed by atoms with Crippen LogP contribution in [0.25, 0.3) is 0 Å². The van der Waals surface area contributed by atoms with Gasteiger partial charge >= 0.3 is 0 Å². The Bertz CT molecular complexity index is 681. The summed E-state index contributed by atoms with van der Waals surface area (Å²) in [6, 6.07) is 2.44. The molecule has 0 spiro atoms. The van der Waals surface area contributed by atoms with Gasteiger partial charge in [0.05, 0.1) is 6.04 Å². The van der Waals surface area contributed by atoms with Gasteiger partial charge in [0.25, 0.3) is 5.91 Å². The Balaban J connectivity index is 1.72. The summed E-state index contributed by atoms with van der Waals surface area (Å²) < 4.78 is 26.8. The van der Waals surface area contributed by atoms with Crippen LogP contribution in [-0.4, -0.2) is 21.1 Å². The molecule has 21 heavy (non-hydrogen) atoms. The van der Waals surface area contributed by atoms with Gasteiger partial charge in [-0.25, -0.2) is 13.8 Å². The van der Waals surface area contributed by atoms with Crippen molar-refractivity contribution < 1.29 is 13.6 Å². The predicted molar refractivity (Wildman–Crippen MR) is 70.6 cm³/mol. The van der Waals surface area contributed by atoms with Crippen LogP contribution in [0, 0.1) is 11.6 Å². The summed E-state index contributed by atoms with van der Waals surface area (Å²) in [5.41, 5.74) is 0.0845. The average molecular weight is 292 g/mol. The molecule has 1 aliphatic rings. The van der Waals surface area contributed by atoms with E-state index in [4.69, 9.17) is 0 Å². The number of aromatic amines is 1. The molecule has 1 amide bonds. The van der Waals surface area contributed by atoms with E-state index in [0.29, 0.717) is 11.7 Å². The van der Waals surface area contributed by atoms with Crippen LogP contribution in [0.5, 0.6) is 0 Å². The van der Waals surface area contributed by atoms with Crippen molar-refractivity contribution in [3.05, 3.63) is 47.0 Å². The van der Waals surface area contributed by atoms with Gasteiger partial charge in [-0.05, 0) is 38.0 Å². The number of H-pyrrole nitrogens is 1. The molecule has 2 N–H and O–H groups in total. The molecule has 1 unspecified atom stereocenters. The van der Waals surface area contributed by atoms with Crippen LogP contribution in [-0.2, 0) is 0 Å². The molecule has 1 fully saturated rings. The summed E-state index contributed by atoms with van der Waals surface area (Å²) in [6.07, 6.45) is 2.09. The Morgan fingerprint density at radius 3 is 2.90 bits per heavy atom. The van der Waals surface area contributed by atoms with Crippen LogP contribution < -0.4 is 5.32 Å². The second-order valence-corrected chi connectivity index (χ2v) is 5.18. The van der Waals surface area contributed by atoms with Crippen LogP contribution in [0.1, 0.15) is 53.7 Å². The number of amides is 1. The summed E-state index contributed by atoms with van der Waals surface area (Å²) in [7, 11) is 0. The number of carbonyl (C=O) groups excluding carboxylic acids is 1. The fourth-order valence-corrected chi connectivity index (χ4v) is 2.10. The lowest BCUT2D eigenvalue weighted by molar-refractivity contribution is 0.0929. The van der Waals surface area contributed by atoms with E-state index >= 15 is 0 Å². The third kappa shape index (κ3) is 2.91. The molecule has 1 atom stereocenters. The highest BCUT2D eigenvalue weighted by atomic mass is 19.1. The third-order valence-electron chi connectivity index (χ3n) is 3.44. The average Bonchev–Trinajstić information content (AvgIpc) is 3.18. The Kier molecular flexibility index (Phi) is 3.40. The topological polar surface area (TPSA) is 70.7 Å². The number of hydrogen-bond acceptors (Lipinski definition) is 3. The van der Waals surface area contributed by atoms with Gasteiger partial charge < -0.3 is 5.32 Å². The van der Waals surface area contributed by atoms with Crippen molar-refractivity contribution in [1.82, 2.24) is 20.5 Å². The number of rotatable bonds is 4. The van der Waals surface area contributed by atoms with E-state index in [9.17, 15) is 13.6 Å². The van der Waals surface area contributed by atoms with Crippen molar-refractivity contribution in [3.63, 3.8) is 0 Å². The molecule has 1 heterocycles. The Morgan fingerprint density at radius 2 is 2.19 bits per heavy atom. The zero-order chi connectivity index (χ0) is 15.0. The van der Waals surface area contributed by atoms with E-state index in [1.165, 1.54) is 0 Å². The first-order valence-corrected chi connectivity index (χ1v) is 6.72. The number of aromatic nitrogens is 3. The summed E-state index contributed by atoms with van der Waals surface area (Å²) in [4.78, 5) is 16.1. The van der Waals surface area contributed by atoms with Gasteiger partial charge in [-0.15, -0.1) is 5.10 Å². The molecule has 5 nitrogen and oxygen atoms in total. The Hall–Kier alpha value is -2.31. The van der Waals surface area contributed by atoms with Crippen molar-refractivity contribution in [2.45, 2.75) is 31.7 Å². The van der Waals surface area contributed by atoms with Crippen LogP contribution in [0.3, 0.4) is 0 Å². The molecule has 1 aromatic heterocycles. The summed E-state index contributed by atoms with van der Waals surface area (Å²) in [6.45, 7) is 1.57. The maximum atomic E-state index is 13.6. The van der Waals surface area contributed by atoms with Gasteiger partial charge in [0, 0.05) is 11.5 Å². The van der Waals surface area contributed by atoms with Crippen molar-refractivity contribution in [2.24, 2.45) is 0 Å². The molecule has 0 bridgehead atoms. The SMILES string of the molecule is CC(NC(=O)c1n[nH]c(C2CC2)n1)c1cc(F)ccc1F. The first kappa shape index (κ1) is 13.7. The van der Waals surface area contributed by atoms with E-state index < -0.39 is 23.6 Å². The molecule has 0 aliphatic heterocycles. The zero-order valence-corrected chi connectivity index (χ0v) is 11.4. The monoisotopic (exact) mass is 292 g/mol. The summed E-state index contributed by atoms with van der Waals surface area (Å²) in [5.74, 6) is -0.573. The predicted octanol–water partition coefficient (Wildman–Crippen LogP) is 2.45. The number of nitrogens with zero attached hydrogens (tertiary/aromatic N) is 2. The summed E-state index contributed by atoms with van der Waals surface area (Å²) in [5, 5.41) is 9.14. The van der Waals surface area contributed by atoms with Crippen molar-refractivity contribution in [2.75, 3.05) is 0 Å². The maximum absolute atomic E-state index is 13.6. The highest BCUT2D eigenvalue weighted by molar-refractivity contribution is 5.90. The number of hydrogen-bond donors (Lipinski definition) is 2. The standard InChI is InChI=1S/C14H14F2N4O/c1-7(10-6-9(15)4-5-11(10)16)17-14(21)13-18-12(19-20-13)8-2-3-8/h4-8H,2-3H2,1H3,(H,17,21)(H,18,19,20). The number of halogens is 2. The zero-order valence-electron chi connectivity index (χ0n) is 11.4. The van der Waals surface area contributed by atoms with Crippen LogP contribution in [0.2, 0.25) is 0 Å². The van der Waals surface area contributed by atoms with Crippen molar-refractivity contribution in [1.29, 1.82) is 0 Å². The lowest BCUT2D eigenvalue weighted by atomic mass is 10.1. The van der Waals surface area contributed by atoms with Gasteiger partial charge in [0.2, 0.25) is 5.82 Å². The molecular formula is C14H14F2N4O. The minimum atomic E-state index is -0.684. The fourth-order valence-electron chi connectivity index (χ4n) is 2.10. The number of nitrogens with one attached hydrogen (secondary N) is 2. The lowest BCUT2D eigenvalue weighted by Crippen LogP contribution is -2.28. The second kappa shape index (κ2) is 5.23. The number of benzene rings is 1. The molecule has 0 saturated heterocycles. The highest BCUT2D eigenvalue weighted by Crippen LogP contribution is 2.37. The van der Waals surface area contributed by atoms with Gasteiger partial charge in [-0.3, -0.25) is 9.89 Å². The van der Waals surface area contributed by atoms with E-state index in [-0.39, 0.29) is 11.4 Å². The second-order valence-electron chi connectivity index (χ2n) is 5.18. The van der Waals surface area contributed by atoms with E-state index in [1.54, 1.807) is 6.92 Å². The molecule has 1 aliphatic carbocycles. The van der Waals surface area contributed by atoms with Crippen LogP contribution in [0.4, 0.5) is 8.78 Å². The minimum Gasteiger partial charge on any atom is -0.343 e. The molecule has 110 valence electrons. The van der Waals surface area contributed by atoms with Gasteiger partial charge in [-0.2, -0.15) is 0 Å². The van der Waals surface area contributed by atoms with Gasteiger partial charge in [0.1, 0.15) is 17.5 Å². The van der Waals surface area contributed by atoms with E-state index in [2.05, 4.69) is 20.5 Å². The van der Waals surface area contributed by atoms with Crippen LogP contribution >= 0.6 is 0 Å². The van der Waals surface area contributed by atoms with Crippen molar-refractivity contribution in [3.8, 4) is 0 Å². The van der Waals surface area contributed by atoms with E-state index in [0.717, 1.165) is 31.0 Å². The molecule has 7 heteroatoms. The fraction of sp³-hybridized carbons (Fsp3) is 0.357. The molecule has 1 aromatic carbocycles. The molecule has 3 rings (SSSR count). The van der Waals surface area contributed by atoms with Crippen molar-refractivity contribution >= 4 is 5.91 Å². The molecule has 1 saturated carbocycles. The molecular weight excluding hydrogens is 278 g/mol. The minimum absolute atomic E-state index is 0.0144. The smallest absolute Gasteiger partial charge is 0.291 e.